The zero-order valence-electron chi connectivity index (χ0n) is 34.3. The molecule has 2 nitrogen and oxygen atoms in total. The first-order valence-electron chi connectivity index (χ1n) is 22.3. The number of unbranched alkanes of at least 4 members (excludes halogenated alkanes) is 28. The Kier molecular flexibility index (Phi) is 25.2. The molecule has 0 spiro atoms. The molecule has 1 saturated heterocycles. The summed E-state index contributed by atoms with van der Waals surface area (Å²) in [6, 6.07) is 7.28. The molecule has 1 aromatic rings. The van der Waals surface area contributed by atoms with E-state index in [2.05, 4.69) is 59.7 Å². The van der Waals surface area contributed by atoms with Crippen molar-refractivity contribution in [3.8, 4) is 0 Å². The molecule has 0 aromatic heterocycles. The summed E-state index contributed by atoms with van der Waals surface area (Å²) in [4.78, 5) is 0. The van der Waals surface area contributed by atoms with Gasteiger partial charge in [0.2, 0.25) is 0 Å². The van der Waals surface area contributed by atoms with Gasteiger partial charge in [-0.25, -0.2) is 0 Å². The average molecular weight is 681 g/mol. The van der Waals surface area contributed by atoms with Crippen molar-refractivity contribution in [3.05, 3.63) is 29.3 Å². The molecule has 1 aliphatic rings. The Morgan fingerprint density at radius 1 is 0.367 bits per heavy atom. The van der Waals surface area contributed by atoms with Gasteiger partial charge in [0.25, 0.3) is 0 Å². The zero-order valence-corrected chi connectivity index (χ0v) is 34.3. The predicted molar refractivity (Wildman–Crippen MR) is 219 cm³/mol. The Bertz CT molecular complexity index is 840. The topological polar surface area (TPSA) is 18.5 Å². The van der Waals surface area contributed by atoms with Gasteiger partial charge < -0.3 is 9.31 Å². The van der Waals surface area contributed by atoms with Crippen LogP contribution in [-0.4, -0.2) is 18.3 Å². The van der Waals surface area contributed by atoms with E-state index in [0.717, 1.165) is 0 Å². The third kappa shape index (κ3) is 20.7. The molecule has 0 unspecified atom stereocenters. The maximum atomic E-state index is 6.50. The lowest BCUT2D eigenvalue weighted by Gasteiger charge is -2.32. The van der Waals surface area contributed by atoms with E-state index >= 15 is 0 Å². The fraction of sp³-hybridized carbons (Fsp3) is 0.870. The molecule has 0 radical (unpaired) electrons. The largest absolute Gasteiger partial charge is 0.494 e. The molecule has 1 heterocycles. The normalized spacial score (nSPS) is 15.4. The minimum atomic E-state index is -0.295. The lowest BCUT2D eigenvalue weighted by molar-refractivity contribution is 0.00578. The molecule has 0 N–H and O–H groups in total. The molecule has 1 aliphatic heterocycles. The Morgan fingerprint density at radius 2 is 0.612 bits per heavy atom. The van der Waals surface area contributed by atoms with Crippen LogP contribution in [0.2, 0.25) is 0 Å². The van der Waals surface area contributed by atoms with Gasteiger partial charge in [0, 0.05) is 0 Å². The van der Waals surface area contributed by atoms with Crippen molar-refractivity contribution in [2.75, 3.05) is 0 Å². The molecule has 0 atom stereocenters. The highest BCUT2D eigenvalue weighted by molar-refractivity contribution is 6.62. The second-order valence-corrected chi connectivity index (χ2v) is 17.1. The number of benzene rings is 1. The zero-order chi connectivity index (χ0) is 35.5. The summed E-state index contributed by atoms with van der Waals surface area (Å²) >= 11 is 0. The van der Waals surface area contributed by atoms with Crippen molar-refractivity contribution in [1.82, 2.24) is 0 Å². The molecule has 2 rings (SSSR count). The van der Waals surface area contributed by atoms with Crippen molar-refractivity contribution in [3.63, 3.8) is 0 Å². The van der Waals surface area contributed by atoms with Gasteiger partial charge in [-0.2, -0.15) is 0 Å². The van der Waals surface area contributed by atoms with Gasteiger partial charge in [0.1, 0.15) is 0 Å². The van der Waals surface area contributed by atoms with Crippen LogP contribution in [0.4, 0.5) is 0 Å². The number of hydrogen-bond donors (Lipinski definition) is 0. The van der Waals surface area contributed by atoms with E-state index in [1.165, 1.54) is 222 Å². The number of aryl methyl sites for hydroxylation is 2. The van der Waals surface area contributed by atoms with Crippen LogP contribution in [-0.2, 0) is 22.2 Å². The Balaban J connectivity index is 1.64. The molecule has 0 saturated carbocycles. The third-order valence-corrected chi connectivity index (χ3v) is 11.7. The maximum absolute atomic E-state index is 6.50. The van der Waals surface area contributed by atoms with Gasteiger partial charge in [0.15, 0.2) is 0 Å². The average Bonchev–Trinajstić information content (AvgIpc) is 3.30. The molecule has 49 heavy (non-hydrogen) atoms. The van der Waals surface area contributed by atoms with Crippen LogP contribution < -0.4 is 5.46 Å². The first-order chi connectivity index (χ1) is 23.8. The minimum absolute atomic E-state index is 0.259. The fourth-order valence-electron chi connectivity index (χ4n) is 7.60. The minimum Gasteiger partial charge on any atom is -0.399 e. The molecule has 0 aliphatic carbocycles. The van der Waals surface area contributed by atoms with E-state index in [-0.39, 0.29) is 18.3 Å². The van der Waals surface area contributed by atoms with Crippen LogP contribution in [0.1, 0.15) is 245 Å². The van der Waals surface area contributed by atoms with E-state index < -0.39 is 0 Å². The van der Waals surface area contributed by atoms with Gasteiger partial charge in [-0.05, 0) is 70.0 Å². The molecule has 1 fully saturated rings. The van der Waals surface area contributed by atoms with Crippen LogP contribution in [0.15, 0.2) is 18.2 Å². The highest BCUT2D eigenvalue weighted by Crippen LogP contribution is 2.36. The third-order valence-electron chi connectivity index (χ3n) is 11.7. The van der Waals surface area contributed by atoms with Crippen LogP contribution in [0.3, 0.4) is 0 Å². The van der Waals surface area contributed by atoms with Crippen LogP contribution in [0.5, 0.6) is 0 Å². The summed E-state index contributed by atoms with van der Waals surface area (Å²) in [7, 11) is -0.259. The lowest BCUT2D eigenvalue weighted by atomic mass is 9.76. The highest BCUT2D eigenvalue weighted by Gasteiger charge is 2.51. The summed E-state index contributed by atoms with van der Waals surface area (Å²) in [6.45, 7) is 13.3. The van der Waals surface area contributed by atoms with Gasteiger partial charge in [-0.1, -0.05) is 212 Å². The molecule has 3 heteroatoms. The Morgan fingerprint density at radius 3 is 0.878 bits per heavy atom. The maximum Gasteiger partial charge on any atom is 0.494 e. The molecule has 0 bridgehead atoms. The van der Waals surface area contributed by atoms with Gasteiger partial charge in [-0.3, -0.25) is 0 Å². The molecular weight excluding hydrogens is 595 g/mol. The fourth-order valence-corrected chi connectivity index (χ4v) is 7.60. The van der Waals surface area contributed by atoms with Crippen LogP contribution in [0.25, 0.3) is 0 Å². The summed E-state index contributed by atoms with van der Waals surface area (Å²) in [5.74, 6) is 0. The quantitative estimate of drug-likeness (QED) is 0.0543. The van der Waals surface area contributed by atoms with Gasteiger partial charge in [0.05, 0.1) is 11.2 Å². The standard InChI is InChI=1S/C46H85BO2/c1-7-9-11-13-15-17-19-21-23-25-27-29-31-33-35-37-42-39-43(41-44(40-42)47-48-45(3,4)46(5,6)49-47)38-36-34-32-30-28-26-24-22-20-18-16-14-12-10-8-2/h39-41H,7-38H2,1-6H3. The number of hydrogen-bond acceptors (Lipinski definition) is 2. The smallest absolute Gasteiger partial charge is 0.399 e. The molecule has 284 valence electrons. The van der Waals surface area contributed by atoms with E-state index in [1.807, 2.05) is 0 Å². The number of rotatable bonds is 33. The SMILES string of the molecule is CCCCCCCCCCCCCCCCCc1cc(CCCCCCCCCCCCCCCCC)cc(B2OC(C)(C)C(C)(C)O2)c1. The Hall–Kier alpha value is -0.795. The van der Waals surface area contributed by atoms with Crippen LogP contribution in [0, 0.1) is 0 Å². The Labute approximate surface area is 308 Å². The second kappa shape index (κ2) is 27.8. The van der Waals surface area contributed by atoms with Gasteiger partial charge in [-0.15, -0.1) is 0 Å². The van der Waals surface area contributed by atoms with Crippen molar-refractivity contribution >= 4 is 12.6 Å². The summed E-state index contributed by atoms with van der Waals surface area (Å²) < 4.78 is 13.0. The predicted octanol–water partition coefficient (Wildman–Crippen LogP) is 14.8. The van der Waals surface area contributed by atoms with Gasteiger partial charge >= 0.3 is 7.12 Å². The summed E-state index contributed by atoms with van der Waals surface area (Å²) in [6.07, 6.45) is 44.9. The summed E-state index contributed by atoms with van der Waals surface area (Å²) in [5.41, 5.74) is 3.61. The first-order valence-corrected chi connectivity index (χ1v) is 22.3. The first kappa shape index (κ1) is 44.4. The monoisotopic (exact) mass is 681 g/mol. The van der Waals surface area contributed by atoms with E-state index in [4.69, 9.17) is 9.31 Å². The highest BCUT2D eigenvalue weighted by atomic mass is 16.7. The van der Waals surface area contributed by atoms with E-state index in [9.17, 15) is 0 Å². The lowest BCUT2D eigenvalue weighted by Crippen LogP contribution is -2.41. The molecular formula is C46H85BO2. The second-order valence-electron chi connectivity index (χ2n) is 17.1. The van der Waals surface area contributed by atoms with Crippen molar-refractivity contribution in [2.24, 2.45) is 0 Å². The van der Waals surface area contributed by atoms with E-state index in [0.29, 0.717) is 0 Å². The van der Waals surface area contributed by atoms with Crippen molar-refractivity contribution < 1.29 is 9.31 Å². The summed E-state index contributed by atoms with van der Waals surface area (Å²) in [5, 5.41) is 0. The molecule has 0 amide bonds. The van der Waals surface area contributed by atoms with Crippen molar-refractivity contribution in [2.45, 2.75) is 258 Å². The molecule has 1 aromatic carbocycles. The van der Waals surface area contributed by atoms with Crippen molar-refractivity contribution in [1.29, 1.82) is 0 Å². The van der Waals surface area contributed by atoms with E-state index in [1.54, 1.807) is 0 Å². The van der Waals surface area contributed by atoms with Crippen LogP contribution >= 0.6 is 0 Å².